The Balaban J connectivity index is 2.36. The summed E-state index contributed by atoms with van der Waals surface area (Å²) in [6, 6.07) is 7.32. The van der Waals surface area contributed by atoms with E-state index in [1.165, 1.54) is 5.54 Å². The number of halogens is 2. The number of aliphatic carboxylic acids is 1. The fourth-order valence-electron chi connectivity index (χ4n) is 2.66. The lowest BCUT2D eigenvalue weighted by Gasteiger charge is -2.08. The molecule has 0 heterocycles. The van der Waals surface area contributed by atoms with Crippen molar-refractivity contribution in [3.8, 4) is 0 Å². The van der Waals surface area contributed by atoms with E-state index in [0.29, 0.717) is 5.02 Å². The normalized spacial score (nSPS) is 25.9. The lowest BCUT2D eigenvalue weighted by molar-refractivity contribution is -0.139. The van der Waals surface area contributed by atoms with Gasteiger partial charge in [-0.15, -0.1) is 0 Å². The van der Waals surface area contributed by atoms with Crippen LogP contribution in [0.25, 0.3) is 5.57 Å². The molecule has 1 aliphatic carbocycles. The summed E-state index contributed by atoms with van der Waals surface area (Å²) in [6.07, 6.45) is 0. The minimum atomic E-state index is -0.775. The molecule has 2 nitrogen and oxygen atoms in total. The summed E-state index contributed by atoms with van der Waals surface area (Å²) in [6.45, 7) is 3.89. The molecule has 0 spiro atoms. The van der Waals surface area contributed by atoms with Gasteiger partial charge in [0.2, 0.25) is 0 Å². The van der Waals surface area contributed by atoms with Gasteiger partial charge in [-0.3, -0.25) is 4.79 Å². The summed E-state index contributed by atoms with van der Waals surface area (Å²) < 4.78 is 0. The Bertz CT molecular complexity index is 520. The topological polar surface area (TPSA) is 37.3 Å². The molecule has 0 amide bonds. The van der Waals surface area contributed by atoms with Gasteiger partial charge in [0.25, 0.3) is 0 Å². The molecule has 1 aliphatic rings. The maximum Gasteiger partial charge on any atom is 0.307 e. The summed E-state index contributed by atoms with van der Waals surface area (Å²) in [4.78, 5) is 11.2. The minimum Gasteiger partial charge on any atom is -0.481 e. The fraction of sp³-hybridized carbons (Fsp3) is 0.357. The van der Waals surface area contributed by atoms with Crippen molar-refractivity contribution in [3.05, 3.63) is 40.4 Å². The molecular formula is C14H14Cl2O2. The zero-order chi connectivity index (χ0) is 13.5. The Morgan fingerprint density at radius 3 is 2.50 bits per heavy atom. The number of rotatable bonds is 3. The lowest BCUT2D eigenvalue weighted by atomic mass is 9.98. The van der Waals surface area contributed by atoms with Gasteiger partial charge in [-0.05, 0) is 28.7 Å². The molecule has 0 aromatic heterocycles. The highest BCUT2D eigenvalue weighted by Crippen LogP contribution is 2.64. The number of benzene rings is 1. The Hall–Kier alpha value is -0.990. The molecule has 0 radical (unpaired) electrons. The third-order valence-electron chi connectivity index (χ3n) is 3.70. The molecule has 1 aromatic carbocycles. The molecule has 0 aliphatic heterocycles. The Morgan fingerprint density at radius 1 is 1.39 bits per heavy atom. The van der Waals surface area contributed by atoms with Crippen LogP contribution in [0.3, 0.4) is 0 Å². The van der Waals surface area contributed by atoms with E-state index in [-0.39, 0.29) is 17.3 Å². The van der Waals surface area contributed by atoms with Crippen LogP contribution in [0.1, 0.15) is 19.4 Å². The number of carbonyl (C=O) groups is 1. The standard InChI is InChI=1S/C14H14Cl2O2/c1-14(2)11(12(14)13(17)18)10(7-15)8-4-3-5-9(16)6-8/h3-7,11-12H,1-2H3,(H,17,18). The van der Waals surface area contributed by atoms with Crippen LogP contribution in [-0.4, -0.2) is 11.1 Å². The lowest BCUT2D eigenvalue weighted by Crippen LogP contribution is -2.03. The van der Waals surface area contributed by atoms with Crippen LogP contribution in [0, 0.1) is 17.3 Å². The van der Waals surface area contributed by atoms with Crippen molar-refractivity contribution in [2.24, 2.45) is 17.3 Å². The highest BCUT2D eigenvalue weighted by Gasteiger charge is 2.63. The molecule has 1 saturated carbocycles. The van der Waals surface area contributed by atoms with Crippen molar-refractivity contribution in [1.82, 2.24) is 0 Å². The molecule has 96 valence electrons. The first kappa shape index (κ1) is 13.4. The van der Waals surface area contributed by atoms with Gasteiger partial charge in [-0.25, -0.2) is 0 Å². The van der Waals surface area contributed by atoms with Crippen molar-refractivity contribution in [2.75, 3.05) is 0 Å². The molecule has 2 atom stereocenters. The summed E-state index contributed by atoms with van der Waals surface area (Å²) in [5, 5.41) is 9.83. The zero-order valence-corrected chi connectivity index (χ0v) is 11.7. The predicted molar refractivity (Wildman–Crippen MR) is 73.7 cm³/mol. The first-order valence-electron chi connectivity index (χ1n) is 5.68. The van der Waals surface area contributed by atoms with E-state index in [1.807, 2.05) is 32.0 Å². The molecule has 2 unspecified atom stereocenters. The fourth-order valence-corrected chi connectivity index (χ4v) is 3.11. The Kier molecular flexibility index (Phi) is 3.43. The zero-order valence-electron chi connectivity index (χ0n) is 10.2. The number of carboxylic acid groups (broad SMARTS) is 1. The number of carboxylic acids is 1. The van der Waals surface area contributed by atoms with Crippen molar-refractivity contribution >= 4 is 34.7 Å². The second kappa shape index (κ2) is 4.60. The van der Waals surface area contributed by atoms with Crippen LogP contribution >= 0.6 is 23.2 Å². The maximum absolute atomic E-state index is 11.2. The maximum atomic E-state index is 11.2. The van der Waals surface area contributed by atoms with Crippen molar-refractivity contribution in [1.29, 1.82) is 0 Å². The molecule has 2 rings (SSSR count). The van der Waals surface area contributed by atoms with Crippen LogP contribution < -0.4 is 0 Å². The predicted octanol–water partition coefficient (Wildman–Crippen LogP) is 4.28. The minimum absolute atomic E-state index is 0.0639. The smallest absolute Gasteiger partial charge is 0.307 e. The van der Waals surface area contributed by atoms with E-state index in [0.717, 1.165) is 11.1 Å². The third kappa shape index (κ3) is 2.15. The third-order valence-corrected chi connectivity index (χ3v) is 4.17. The van der Waals surface area contributed by atoms with E-state index >= 15 is 0 Å². The summed E-state index contributed by atoms with van der Waals surface area (Å²) in [5.41, 5.74) is 2.94. The van der Waals surface area contributed by atoms with Gasteiger partial charge in [0.1, 0.15) is 0 Å². The summed E-state index contributed by atoms with van der Waals surface area (Å²) >= 11 is 11.8. The van der Waals surface area contributed by atoms with E-state index in [2.05, 4.69) is 0 Å². The molecule has 18 heavy (non-hydrogen) atoms. The molecule has 1 aromatic rings. The molecular weight excluding hydrogens is 271 g/mol. The quantitative estimate of drug-likeness (QED) is 0.900. The van der Waals surface area contributed by atoms with Crippen LogP contribution in [0.15, 0.2) is 29.8 Å². The Labute approximate surface area is 116 Å². The molecule has 0 bridgehead atoms. The van der Waals surface area contributed by atoms with Gasteiger partial charge in [0.15, 0.2) is 0 Å². The van der Waals surface area contributed by atoms with Gasteiger partial charge in [-0.1, -0.05) is 49.2 Å². The van der Waals surface area contributed by atoms with Gasteiger partial charge >= 0.3 is 5.97 Å². The number of hydrogen-bond acceptors (Lipinski definition) is 1. The van der Waals surface area contributed by atoms with Crippen molar-refractivity contribution in [2.45, 2.75) is 13.8 Å². The van der Waals surface area contributed by atoms with E-state index in [1.54, 1.807) is 6.07 Å². The largest absolute Gasteiger partial charge is 0.481 e. The van der Waals surface area contributed by atoms with E-state index in [4.69, 9.17) is 23.2 Å². The number of hydrogen-bond donors (Lipinski definition) is 1. The highest BCUT2D eigenvalue weighted by atomic mass is 35.5. The average molecular weight is 285 g/mol. The van der Waals surface area contributed by atoms with Crippen LogP contribution in [0.5, 0.6) is 0 Å². The molecule has 4 heteroatoms. The second-order valence-corrected chi connectivity index (χ2v) is 5.84. The summed E-state index contributed by atoms with van der Waals surface area (Å²) in [7, 11) is 0. The molecule has 1 N–H and O–H groups in total. The highest BCUT2D eigenvalue weighted by molar-refractivity contribution is 6.31. The van der Waals surface area contributed by atoms with Gasteiger partial charge in [-0.2, -0.15) is 0 Å². The van der Waals surface area contributed by atoms with Crippen LogP contribution in [0.4, 0.5) is 0 Å². The average Bonchev–Trinajstić information content (AvgIpc) is 2.83. The summed E-state index contributed by atoms with van der Waals surface area (Å²) in [5.74, 6) is -1.23. The van der Waals surface area contributed by atoms with Crippen LogP contribution in [-0.2, 0) is 4.79 Å². The molecule has 1 fully saturated rings. The van der Waals surface area contributed by atoms with E-state index < -0.39 is 5.97 Å². The van der Waals surface area contributed by atoms with E-state index in [9.17, 15) is 9.90 Å². The second-order valence-electron chi connectivity index (χ2n) is 5.19. The SMILES string of the molecule is CC1(C)C(C(=O)O)C1C(=CCl)c1cccc(Cl)c1. The molecule has 0 saturated heterocycles. The first-order valence-corrected chi connectivity index (χ1v) is 6.50. The first-order chi connectivity index (χ1) is 8.39. The van der Waals surface area contributed by atoms with Crippen LogP contribution in [0.2, 0.25) is 5.02 Å². The monoisotopic (exact) mass is 284 g/mol. The van der Waals surface area contributed by atoms with Gasteiger partial charge in [0, 0.05) is 16.5 Å². The Morgan fingerprint density at radius 2 is 2.06 bits per heavy atom. The van der Waals surface area contributed by atoms with Gasteiger partial charge in [0.05, 0.1) is 5.92 Å². The van der Waals surface area contributed by atoms with Crippen molar-refractivity contribution in [3.63, 3.8) is 0 Å². The van der Waals surface area contributed by atoms with Crippen molar-refractivity contribution < 1.29 is 9.90 Å². The number of allylic oxidation sites excluding steroid dienone is 1. The van der Waals surface area contributed by atoms with Gasteiger partial charge < -0.3 is 5.11 Å².